The van der Waals surface area contributed by atoms with Crippen LogP contribution in [-0.4, -0.2) is 43.1 Å². The van der Waals surface area contributed by atoms with Crippen molar-refractivity contribution in [1.29, 1.82) is 0 Å². The summed E-state index contributed by atoms with van der Waals surface area (Å²) in [7, 11) is -4.12. The molecule has 0 rings (SSSR count). The van der Waals surface area contributed by atoms with Crippen molar-refractivity contribution in [1.82, 2.24) is 0 Å². The first-order valence-corrected chi connectivity index (χ1v) is 4.88. The Hall–Kier alpha value is -0.430. The van der Waals surface area contributed by atoms with Gasteiger partial charge in [-0.3, -0.25) is 4.55 Å². The van der Waals surface area contributed by atoms with Gasteiger partial charge < -0.3 is 9.84 Å². The second kappa shape index (κ2) is 5.26. The first-order chi connectivity index (χ1) is 5.45. The van der Waals surface area contributed by atoms with Gasteiger partial charge in [0.2, 0.25) is 0 Å². The molecule has 12 heavy (non-hydrogen) atoms. The van der Waals surface area contributed by atoms with Gasteiger partial charge in [0, 0.05) is 0 Å². The van der Waals surface area contributed by atoms with E-state index < -0.39 is 22.0 Å². The molecule has 0 bridgehead atoms. The zero-order chi connectivity index (χ0) is 9.61. The summed E-state index contributed by atoms with van der Waals surface area (Å²) in [5.74, 6) is -0.704. The van der Waals surface area contributed by atoms with Crippen LogP contribution in [0.4, 0.5) is 0 Å². The van der Waals surface area contributed by atoms with Gasteiger partial charge in [0.25, 0.3) is 10.1 Å². The summed E-state index contributed by atoms with van der Waals surface area (Å²) in [5.41, 5.74) is 0. The summed E-state index contributed by atoms with van der Waals surface area (Å²) in [6.45, 7) is 3.46. The van der Waals surface area contributed by atoms with Crippen molar-refractivity contribution in [3.63, 3.8) is 0 Å². The molecular weight excluding hydrogens is 184 g/mol. The van der Waals surface area contributed by atoms with Crippen molar-refractivity contribution in [3.05, 3.63) is 12.7 Å². The lowest BCUT2D eigenvalue weighted by Crippen LogP contribution is -2.25. The van der Waals surface area contributed by atoms with Crippen molar-refractivity contribution in [2.24, 2.45) is 0 Å². The van der Waals surface area contributed by atoms with Crippen LogP contribution in [0.25, 0.3) is 0 Å². The molecule has 2 N–H and O–H groups in total. The Morgan fingerprint density at radius 1 is 1.58 bits per heavy atom. The van der Waals surface area contributed by atoms with Gasteiger partial charge in [-0.25, -0.2) is 0 Å². The number of aliphatic hydroxyl groups excluding tert-OH is 1. The van der Waals surface area contributed by atoms with Crippen LogP contribution in [0.2, 0.25) is 0 Å². The van der Waals surface area contributed by atoms with Gasteiger partial charge in [-0.2, -0.15) is 8.42 Å². The molecule has 0 spiro atoms. The highest BCUT2D eigenvalue weighted by Crippen LogP contribution is 1.91. The summed E-state index contributed by atoms with van der Waals surface area (Å²) in [5, 5.41) is 8.91. The minimum atomic E-state index is -4.12. The summed E-state index contributed by atoms with van der Waals surface area (Å²) in [6.07, 6.45) is 0.278. The van der Waals surface area contributed by atoms with Crippen LogP contribution in [0, 0.1) is 0 Å². The molecule has 72 valence electrons. The highest BCUT2D eigenvalue weighted by Gasteiger charge is 2.13. The Balaban J connectivity index is 3.60. The lowest BCUT2D eigenvalue weighted by atomic mass is 10.4. The second-order valence-corrected chi connectivity index (χ2v) is 3.73. The number of hydrogen-bond acceptors (Lipinski definition) is 4. The zero-order valence-electron chi connectivity index (χ0n) is 6.51. The fourth-order valence-electron chi connectivity index (χ4n) is 0.579. The van der Waals surface area contributed by atoms with E-state index in [0.29, 0.717) is 0 Å². The second-order valence-electron chi connectivity index (χ2n) is 2.23. The molecule has 0 saturated heterocycles. The lowest BCUT2D eigenvalue weighted by Gasteiger charge is -2.07. The normalized spacial score (nSPS) is 14.2. The molecule has 0 aromatic carbocycles. The zero-order valence-corrected chi connectivity index (χ0v) is 7.33. The maximum absolute atomic E-state index is 10.2. The third-order valence-corrected chi connectivity index (χ3v) is 1.75. The molecule has 0 amide bonds. The Bertz CT molecular complexity index is 220. The summed E-state index contributed by atoms with van der Waals surface area (Å²) < 4.78 is 33.4. The molecule has 0 saturated carbocycles. The van der Waals surface area contributed by atoms with Gasteiger partial charge in [0.1, 0.15) is 5.75 Å². The van der Waals surface area contributed by atoms with E-state index in [9.17, 15) is 8.42 Å². The predicted octanol–water partition coefficient (Wildman–Crippen LogP) is -0.562. The monoisotopic (exact) mass is 196 g/mol. The van der Waals surface area contributed by atoms with E-state index in [0.717, 1.165) is 0 Å². The minimum absolute atomic E-state index is 0.133. The Morgan fingerprint density at radius 3 is 2.58 bits per heavy atom. The molecule has 6 heteroatoms. The lowest BCUT2D eigenvalue weighted by molar-refractivity contribution is 0.0608. The molecule has 0 unspecified atom stereocenters. The molecule has 0 aromatic heterocycles. The first-order valence-electron chi connectivity index (χ1n) is 3.27. The molecule has 5 nitrogen and oxygen atoms in total. The van der Waals surface area contributed by atoms with Gasteiger partial charge >= 0.3 is 0 Å². The molecule has 0 aromatic rings. The highest BCUT2D eigenvalue weighted by atomic mass is 32.2. The molecule has 0 heterocycles. The Kier molecular flexibility index (Phi) is 5.07. The summed E-state index contributed by atoms with van der Waals surface area (Å²) in [6, 6.07) is 0. The van der Waals surface area contributed by atoms with Crippen LogP contribution in [0.5, 0.6) is 0 Å². The maximum atomic E-state index is 10.2. The third-order valence-electron chi connectivity index (χ3n) is 0.949. The minimum Gasteiger partial charge on any atom is -0.390 e. The molecule has 0 fully saturated rings. The number of rotatable bonds is 6. The molecule has 0 aliphatic rings. The Labute approximate surface area is 71.4 Å². The fraction of sp³-hybridized carbons (Fsp3) is 0.667. The topological polar surface area (TPSA) is 83.8 Å². The molecule has 0 aliphatic carbocycles. The van der Waals surface area contributed by atoms with Gasteiger partial charge in [-0.1, -0.05) is 6.08 Å². The quantitative estimate of drug-likeness (QED) is 0.338. The largest absolute Gasteiger partial charge is 0.390 e. The fourth-order valence-corrected chi connectivity index (χ4v) is 1.16. The molecule has 0 radical (unpaired) electrons. The summed E-state index contributed by atoms with van der Waals surface area (Å²) >= 11 is 0. The average molecular weight is 196 g/mol. The summed E-state index contributed by atoms with van der Waals surface area (Å²) in [4.78, 5) is 0. The van der Waals surface area contributed by atoms with E-state index in [1.54, 1.807) is 0 Å². The maximum Gasteiger partial charge on any atom is 0.267 e. The smallest absolute Gasteiger partial charge is 0.267 e. The number of aliphatic hydroxyl groups is 1. The number of hydrogen-bond donors (Lipinski definition) is 2. The molecule has 1 atom stereocenters. The van der Waals surface area contributed by atoms with Crippen molar-refractivity contribution in [2.75, 3.05) is 19.0 Å². The Morgan fingerprint density at radius 2 is 2.17 bits per heavy atom. The van der Waals surface area contributed by atoms with E-state index >= 15 is 0 Å². The van der Waals surface area contributed by atoms with Crippen molar-refractivity contribution >= 4 is 10.1 Å². The highest BCUT2D eigenvalue weighted by molar-refractivity contribution is 7.85. The van der Waals surface area contributed by atoms with Crippen LogP contribution in [0.1, 0.15) is 0 Å². The van der Waals surface area contributed by atoms with Crippen molar-refractivity contribution in [3.8, 4) is 0 Å². The molecular formula is C6H12O5S. The van der Waals surface area contributed by atoms with E-state index in [1.807, 2.05) is 0 Å². The van der Waals surface area contributed by atoms with Crippen LogP contribution in [0.15, 0.2) is 12.7 Å². The van der Waals surface area contributed by atoms with Crippen LogP contribution < -0.4 is 0 Å². The van der Waals surface area contributed by atoms with E-state index in [1.165, 1.54) is 6.08 Å². The third kappa shape index (κ3) is 7.67. The van der Waals surface area contributed by atoms with Gasteiger partial charge in [0.15, 0.2) is 0 Å². The SMILES string of the molecule is C=CCOC[C@H](O)CS(=O)(=O)O. The van der Waals surface area contributed by atoms with E-state index in [-0.39, 0.29) is 13.2 Å². The van der Waals surface area contributed by atoms with Crippen molar-refractivity contribution < 1.29 is 22.8 Å². The van der Waals surface area contributed by atoms with E-state index in [2.05, 4.69) is 6.58 Å². The van der Waals surface area contributed by atoms with Crippen LogP contribution in [0.3, 0.4) is 0 Å². The van der Waals surface area contributed by atoms with Gasteiger partial charge in [-0.15, -0.1) is 6.58 Å². The average Bonchev–Trinajstić information content (AvgIpc) is 1.84. The number of ether oxygens (including phenoxy) is 1. The van der Waals surface area contributed by atoms with E-state index in [4.69, 9.17) is 14.4 Å². The first kappa shape index (κ1) is 11.6. The van der Waals surface area contributed by atoms with Crippen molar-refractivity contribution in [2.45, 2.75) is 6.10 Å². The van der Waals surface area contributed by atoms with Crippen LogP contribution in [-0.2, 0) is 14.9 Å². The molecule has 0 aliphatic heterocycles. The van der Waals surface area contributed by atoms with Gasteiger partial charge in [-0.05, 0) is 0 Å². The van der Waals surface area contributed by atoms with Crippen LogP contribution >= 0.6 is 0 Å². The standard InChI is InChI=1S/C6H12O5S/c1-2-3-11-4-6(7)5-12(8,9)10/h2,6-7H,1,3-5H2,(H,8,9,10)/t6-/m0/s1. The van der Waals surface area contributed by atoms with Gasteiger partial charge in [0.05, 0.1) is 19.3 Å². The predicted molar refractivity (Wildman–Crippen MR) is 43.4 cm³/mol.